The fraction of sp³-hybridized carbons (Fsp3) is 0.0769. The Morgan fingerprint density at radius 1 is 1.22 bits per heavy atom. The fourth-order valence-electron chi connectivity index (χ4n) is 1.48. The fourth-order valence-corrected chi connectivity index (χ4v) is 1.96. The molecule has 2 rings (SSSR count). The minimum Gasteiger partial charge on any atom is -0.383 e. The molecule has 0 saturated carbocycles. The SMILES string of the molecule is Nc1ncnc(Cl)c1C/C=C/c1ccc(Br)cc1. The summed E-state index contributed by atoms with van der Waals surface area (Å²) < 4.78 is 1.06. The summed E-state index contributed by atoms with van der Waals surface area (Å²) in [6.07, 6.45) is 5.97. The van der Waals surface area contributed by atoms with E-state index in [-0.39, 0.29) is 0 Å². The number of nitrogen functional groups attached to an aromatic ring is 1. The van der Waals surface area contributed by atoms with Gasteiger partial charge in [-0.1, -0.05) is 51.8 Å². The van der Waals surface area contributed by atoms with E-state index in [0.29, 0.717) is 17.4 Å². The van der Waals surface area contributed by atoms with Crippen molar-refractivity contribution in [3.05, 3.63) is 57.4 Å². The van der Waals surface area contributed by atoms with Crippen molar-refractivity contribution < 1.29 is 0 Å². The third kappa shape index (κ3) is 3.31. The van der Waals surface area contributed by atoms with Crippen molar-refractivity contribution in [1.29, 1.82) is 0 Å². The second-order valence-corrected chi connectivity index (χ2v) is 4.96. The number of nitrogens with zero attached hydrogens (tertiary/aromatic N) is 2. The van der Waals surface area contributed by atoms with Gasteiger partial charge in [-0.2, -0.15) is 0 Å². The predicted molar refractivity (Wildman–Crippen MR) is 78.3 cm³/mol. The van der Waals surface area contributed by atoms with Crippen LogP contribution in [0.4, 0.5) is 5.82 Å². The lowest BCUT2D eigenvalue weighted by Crippen LogP contribution is -1.99. The summed E-state index contributed by atoms with van der Waals surface area (Å²) >= 11 is 9.36. The molecule has 0 fully saturated rings. The lowest BCUT2D eigenvalue weighted by atomic mass is 10.1. The van der Waals surface area contributed by atoms with Crippen LogP contribution in [0.2, 0.25) is 5.15 Å². The lowest BCUT2D eigenvalue weighted by Gasteiger charge is -2.02. The van der Waals surface area contributed by atoms with Crippen LogP contribution in [0.15, 0.2) is 41.1 Å². The molecule has 1 aromatic carbocycles. The van der Waals surface area contributed by atoms with Crippen molar-refractivity contribution in [3.8, 4) is 0 Å². The standard InChI is InChI=1S/C13H11BrClN3/c14-10-6-4-9(5-7-10)2-1-3-11-12(15)17-8-18-13(11)16/h1-2,4-8H,3H2,(H2,16,17,18)/b2-1+. The molecule has 5 heteroatoms. The van der Waals surface area contributed by atoms with Crippen molar-refractivity contribution in [2.75, 3.05) is 5.73 Å². The first-order valence-corrected chi connectivity index (χ1v) is 6.51. The van der Waals surface area contributed by atoms with E-state index in [0.717, 1.165) is 15.6 Å². The van der Waals surface area contributed by atoms with Crippen LogP contribution in [0.5, 0.6) is 0 Å². The predicted octanol–water partition coefficient (Wildman–Crippen LogP) is 3.73. The maximum Gasteiger partial charge on any atom is 0.138 e. The van der Waals surface area contributed by atoms with E-state index in [1.165, 1.54) is 6.33 Å². The molecule has 92 valence electrons. The third-order valence-corrected chi connectivity index (χ3v) is 3.28. The molecule has 0 spiro atoms. The van der Waals surface area contributed by atoms with E-state index < -0.39 is 0 Å². The molecule has 0 aliphatic carbocycles. The number of benzene rings is 1. The average Bonchev–Trinajstić information content (AvgIpc) is 2.35. The Hall–Kier alpha value is -1.39. The van der Waals surface area contributed by atoms with Gasteiger partial charge in [0.05, 0.1) is 0 Å². The zero-order chi connectivity index (χ0) is 13.0. The number of allylic oxidation sites excluding steroid dienone is 1. The summed E-state index contributed by atoms with van der Waals surface area (Å²) in [5.74, 6) is 0.426. The average molecular weight is 325 g/mol. The molecule has 2 N–H and O–H groups in total. The van der Waals surface area contributed by atoms with Gasteiger partial charge in [-0.25, -0.2) is 9.97 Å². The maximum absolute atomic E-state index is 5.96. The molecule has 2 aromatic rings. The molecule has 0 amide bonds. The van der Waals surface area contributed by atoms with Gasteiger partial charge in [0.25, 0.3) is 0 Å². The number of hydrogen-bond acceptors (Lipinski definition) is 3. The number of halogens is 2. The van der Waals surface area contributed by atoms with E-state index in [9.17, 15) is 0 Å². The first-order chi connectivity index (χ1) is 8.66. The summed E-state index contributed by atoms with van der Waals surface area (Å²) in [5.41, 5.74) is 7.62. The van der Waals surface area contributed by atoms with Crippen LogP contribution < -0.4 is 5.73 Å². The zero-order valence-electron chi connectivity index (χ0n) is 9.48. The highest BCUT2D eigenvalue weighted by atomic mass is 79.9. The number of nitrogens with two attached hydrogens (primary N) is 1. The summed E-state index contributed by atoms with van der Waals surface area (Å²) in [6, 6.07) is 8.03. The number of hydrogen-bond donors (Lipinski definition) is 1. The monoisotopic (exact) mass is 323 g/mol. The maximum atomic E-state index is 5.96. The zero-order valence-corrected chi connectivity index (χ0v) is 11.8. The van der Waals surface area contributed by atoms with Crippen LogP contribution in [0.3, 0.4) is 0 Å². The van der Waals surface area contributed by atoms with E-state index >= 15 is 0 Å². The largest absolute Gasteiger partial charge is 0.383 e. The highest BCUT2D eigenvalue weighted by molar-refractivity contribution is 9.10. The van der Waals surface area contributed by atoms with Gasteiger partial charge < -0.3 is 5.73 Å². The summed E-state index contributed by atoms with van der Waals surface area (Å²) in [7, 11) is 0. The van der Waals surface area contributed by atoms with Crippen molar-refractivity contribution in [1.82, 2.24) is 9.97 Å². The minimum atomic E-state index is 0.406. The molecule has 0 radical (unpaired) electrons. The molecule has 1 aromatic heterocycles. The molecular formula is C13H11BrClN3. The van der Waals surface area contributed by atoms with Crippen molar-refractivity contribution >= 4 is 39.4 Å². The van der Waals surface area contributed by atoms with Crippen molar-refractivity contribution in [2.45, 2.75) is 6.42 Å². The van der Waals surface area contributed by atoms with Gasteiger partial charge in [0, 0.05) is 10.0 Å². The molecule has 0 atom stereocenters. The van der Waals surface area contributed by atoms with Crippen LogP contribution in [0.25, 0.3) is 6.08 Å². The molecular weight excluding hydrogens is 314 g/mol. The minimum absolute atomic E-state index is 0.406. The smallest absolute Gasteiger partial charge is 0.138 e. The van der Waals surface area contributed by atoms with Gasteiger partial charge in [-0.15, -0.1) is 0 Å². The van der Waals surface area contributed by atoms with Crippen LogP contribution in [-0.4, -0.2) is 9.97 Å². The van der Waals surface area contributed by atoms with Gasteiger partial charge in [0.1, 0.15) is 17.3 Å². The molecule has 18 heavy (non-hydrogen) atoms. The summed E-state index contributed by atoms with van der Waals surface area (Å²) in [4.78, 5) is 7.83. The highest BCUT2D eigenvalue weighted by Crippen LogP contribution is 2.18. The topological polar surface area (TPSA) is 51.8 Å². The normalized spacial score (nSPS) is 11.0. The molecule has 0 saturated heterocycles. The van der Waals surface area contributed by atoms with Gasteiger partial charge in [-0.05, 0) is 24.1 Å². The number of rotatable bonds is 3. The Bertz CT molecular complexity index is 547. The van der Waals surface area contributed by atoms with Gasteiger partial charge in [-0.3, -0.25) is 0 Å². The molecule has 0 bridgehead atoms. The third-order valence-electron chi connectivity index (χ3n) is 2.43. The van der Waals surface area contributed by atoms with Gasteiger partial charge in [0.15, 0.2) is 0 Å². The lowest BCUT2D eigenvalue weighted by molar-refractivity contribution is 1.10. The van der Waals surface area contributed by atoms with E-state index in [1.807, 2.05) is 36.4 Å². The second-order valence-electron chi connectivity index (χ2n) is 3.69. The number of anilines is 1. The Morgan fingerprint density at radius 2 is 1.94 bits per heavy atom. The first-order valence-electron chi connectivity index (χ1n) is 5.34. The van der Waals surface area contributed by atoms with Gasteiger partial charge >= 0.3 is 0 Å². The summed E-state index contributed by atoms with van der Waals surface area (Å²) in [5, 5.41) is 0.406. The molecule has 0 aliphatic rings. The molecule has 1 heterocycles. The second kappa shape index (κ2) is 5.98. The van der Waals surface area contributed by atoms with Crippen LogP contribution in [0.1, 0.15) is 11.1 Å². The van der Waals surface area contributed by atoms with Crippen molar-refractivity contribution in [3.63, 3.8) is 0 Å². The Balaban J connectivity index is 2.09. The molecule has 3 nitrogen and oxygen atoms in total. The highest BCUT2D eigenvalue weighted by Gasteiger charge is 2.04. The van der Waals surface area contributed by atoms with E-state index in [2.05, 4.69) is 25.9 Å². The van der Waals surface area contributed by atoms with Crippen LogP contribution >= 0.6 is 27.5 Å². The van der Waals surface area contributed by atoms with Gasteiger partial charge in [0.2, 0.25) is 0 Å². The Kier molecular flexibility index (Phi) is 4.33. The number of aromatic nitrogens is 2. The van der Waals surface area contributed by atoms with Crippen LogP contribution in [0, 0.1) is 0 Å². The first kappa shape index (κ1) is 13.1. The summed E-state index contributed by atoms with van der Waals surface area (Å²) in [6.45, 7) is 0. The van der Waals surface area contributed by atoms with E-state index in [1.54, 1.807) is 0 Å². The quantitative estimate of drug-likeness (QED) is 0.875. The van der Waals surface area contributed by atoms with Crippen LogP contribution in [-0.2, 0) is 6.42 Å². The van der Waals surface area contributed by atoms with Crippen molar-refractivity contribution in [2.24, 2.45) is 0 Å². The Morgan fingerprint density at radius 3 is 2.61 bits per heavy atom. The van der Waals surface area contributed by atoms with E-state index in [4.69, 9.17) is 17.3 Å². The molecule has 0 unspecified atom stereocenters. The molecule has 0 aliphatic heterocycles. The Labute approximate surface area is 119 Å².